The van der Waals surface area contributed by atoms with E-state index in [1.807, 2.05) is 24.8 Å². The molecule has 0 aromatic carbocycles. The van der Waals surface area contributed by atoms with Gasteiger partial charge in [-0.05, 0) is 38.7 Å². The van der Waals surface area contributed by atoms with Crippen LogP contribution in [-0.2, 0) is 11.2 Å². The van der Waals surface area contributed by atoms with Crippen molar-refractivity contribution in [1.82, 2.24) is 25.1 Å². The van der Waals surface area contributed by atoms with E-state index in [0.717, 1.165) is 36.4 Å². The minimum absolute atomic E-state index is 0.0685. The van der Waals surface area contributed by atoms with Gasteiger partial charge in [0.05, 0.1) is 6.04 Å². The van der Waals surface area contributed by atoms with E-state index in [4.69, 9.17) is 0 Å². The fourth-order valence-corrected chi connectivity index (χ4v) is 3.63. The number of likely N-dealkylation sites (tertiary alicyclic amines) is 1. The van der Waals surface area contributed by atoms with Crippen LogP contribution in [0.1, 0.15) is 48.8 Å². The summed E-state index contributed by atoms with van der Waals surface area (Å²) in [4.78, 5) is 23.2. The van der Waals surface area contributed by atoms with E-state index < -0.39 is 0 Å². The largest absolute Gasteiger partial charge is 0.329 e. The number of piperidine rings is 1. The molecule has 0 bridgehead atoms. The number of rotatable bonds is 5. The van der Waals surface area contributed by atoms with Gasteiger partial charge in [-0.1, -0.05) is 24.8 Å². The SMILES string of the molecule is C=CC(=O)N1CCCCC1c1nc(C)cc(Nc2nnc(CC)s2)n1. The molecule has 1 N–H and O–H groups in total. The third kappa shape index (κ3) is 4.01. The van der Waals surface area contributed by atoms with Gasteiger partial charge in [0.2, 0.25) is 11.0 Å². The van der Waals surface area contributed by atoms with Crippen LogP contribution in [-0.4, -0.2) is 37.5 Å². The number of amides is 1. The molecule has 2 aromatic rings. The molecule has 2 aromatic heterocycles. The Kier molecular flexibility index (Phi) is 5.37. The molecule has 8 heteroatoms. The van der Waals surface area contributed by atoms with Crippen LogP contribution in [0.25, 0.3) is 0 Å². The third-order valence-electron chi connectivity index (χ3n) is 4.13. The average Bonchev–Trinajstić information content (AvgIpc) is 3.08. The van der Waals surface area contributed by atoms with E-state index in [2.05, 4.69) is 32.1 Å². The second-order valence-electron chi connectivity index (χ2n) is 5.98. The highest BCUT2D eigenvalue weighted by Gasteiger charge is 2.29. The first kappa shape index (κ1) is 17.5. The van der Waals surface area contributed by atoms with E-state index in [1.165, 1.54) is 17.4 Å². The summed E-state index contributed by atoms with van der Waals surface area (Å²) in [6, 6.07) is 1.76. The molecular weight excluding hydrogens is 336 g/mol. The predicted octanol–water partition coefficient (Wildman–Crippen LogP) is 3.18. The highest BCUT2D eigenvalue weighted by Crippen LogP contribution is 2.30. The van der Waals surface area contributed by atoms with Crippen LogP contribution in [0.2, 0.25) is 0 Å². The predicted molar refractivity (Wildman–Crippen MR) is 97.8 cm³/mol. The smallest absolute Gasteiger partial charge is 0.246 e. The molecule has 3 heterocycles. The summed E-state index contributed by atoms with van der Waals surface area (Å²) in [5.41, 5.74) is 0.851. The number of aromatic nitrogens is 4. The minimum atomic E-state index is -0.111. The second-order valence-corrected chi connectivity index (χ2v) is 7.04. The number of nitrogens with one attached hydrogen (secondary N) is 1. The quantitative estimate of drug-likeness (QED) is 0.827. The molecule has 0 radical (unpaired) electrons. The molecule has 1 atom stereocenters. The maximum Gasteiger partial charge on any atom is 0.246 e. The van der Waals surface area contributed by atoms with Gasteiger partial charge in [-0.25, -0.2) is 9.97 Å². The molecule has 3 rings (SSSR count). The summed E-state index contributed by atoms with van der Waals surface area (Å²) in [6.07, 6.45) is 5.13. The lowest BCUT2D eigenvalue weighted by molar-refractivity contribution is -0.129. The monoisotopic (exact) mass is 358 g/mol. The number of nitrogens with zero attached hydrogens (tertiary/aromatic N) is 5. The van der Waals surface area contributed by atoms with Crippen molar-refractivity contribution in [2.45, 2.75) is 45.6 Å². The lowest BCUT2D eigenvalue weighted by Crippen LogP contribution is -2.38. The molecule has 7 nitrogen and oxygen atoms in total. The molecule has 132 valence electrons. The van der Waals surface area contributed by atoms with Crippen molar-refractivity contribution in [3.05, 3.63) is 35.2 Å². The van der Waals surface area contributed by atoms with Gasteiger partial charge >= 0.3 is 0 Å². The van der Waals surface area contributed by atoms with Gasteiger partial charge in [-0.15, -0.1) is 10.2 Å². The number of hydrogen-bond donors (Lipinski definition) is 1. The van der Waals surface area contributed by atoms with Gasteiger partial charge < -0.3 is 10.2 Å². The van der Waals surface area contributed by atoms with Crippen molar-refractivity contribution in [2.24, 2.45) is 0 Å². The van der Waals surface area contributed by atoms with Gasteiger partial charge in [0.1, 0.15) is 10.8 Å². The lowest BCUT2D eigenvalue weighted by atomic mass is 10.0. The Morgan fingerprint density at radius 3 is 3.00 bits per heavy atom. The number of carbonyl (C=O) groups is 1. The zero-order chi connectivity index (χ0) is 17.8. The molecular formula is C17H22N6OS. The van der Waals surface area contributed by atoms with E-state index in [1.54, 1.807) is 0 Å². The van der Waals surface area contributed by atoms with Crippen molar-refractivity contribution in [3.8, 4) is 0 Å². The third-order valence-corrected chi connectivity index (χ3v) is 5.12. The summed E-state index contributed by atoms with van der Waals surface area (Å²) < 4.78 is 0. The van der Waals surface area contributed by atoms with Crippen LogP contribution < -0.4 is 5.32 Å². The summed E-state index contributed by atoms with van der Waals surface area (Å²) in [6.45, 7) is 8.30. The normalized spacial score (nSPS) is 17.4. The van der Waals surface area contributed by atoms with E-state index in [0.29, 0.717) is 23.3 Å². The highest BCUT2D eigenvalue weighted by atomic mass is 32.1. The first-order valence-corrected chi connectivity index (χ1v) is 9.30. The molecule has 0 saturated carbocycles. The standard InChI is InChI=1S/C17H22N6OS/c1-4-14-21-22-17(25-14)20-13-10-11(3)18-16(19-13)12-8-6-7-9-23(12)15(24)5-2/h5,10,12H,2,4,6-9H2,1,3H3,(H,18,19,20,22). The van der Waals surface area contributed by atoms with Gasteiger partial charge in [-0.2, -0.15) is 0 Å². The van der Waals surface area contributed by atoms with Crippen LogP contribution in [0.4, 0.5) is 10.9 Å². The Bertz CT molecular complexity index is 774. The Balaban J connectivity index is 1.87. The summed E-state index contributed by atoms with van der Waals surface area (Å²) in [5, 5.41) is 13.1. The number of carbonyl (C=O) groups excluding carboxylic acids is 1. The number of anilines is 2. The first-order chi connectivity index (χ1) is 12.1. The molecule has 1 unspecified atom stereocenters. The van der Waals surface area contributed by atoms with E-state index in [9.17, 15) is 4.79 Å². The molecule has 0 spiro atoms. The minimum Gasteiger partial charge on any atom is -0.329 e. The van der Waals surface area contributed by atoms with Crippen LogP contribution >= 0.6 is 11.3 Å². The number of hydrogen-bond acceptors (Lipinski definition) is 7. The molecule has 1 amide bonds. The Morgan fingerprint density at radius 1 is 1.44 bits per heavy atom. The maximum absolute atomic E-state index is 12.2. The molecule has 1 aliphatic heterocycles. The van der Waals surface area contributed by atoms with Crippen LogP contribution in [0.15, 0.2) is 18.7 Å². The average molecular weight is 358 g/mol. The molecule has 1 fully saturated rings. The second kappa shape index (κ2) is 7.69. The summed E-state index contributed by atoms with van der Waals surface area (Å²) in [7, 11) is 0. The van der Waals surface area contributed by atoms with Crippen molar-refractivity contribution in [2.75, 3.05) is 11.9 Å². The van der Waals surface area contributed by atoms with Gasteiger partial charge in [-0.3, -0.25) is 4.79 Å². The molecule has 25 heavy (non-hydrogen) atoms. The first-order valence-electron chi connectivity index (χ1n) is 8.48. The zero-order valence-electron chi connectivity index (χ0n) is 14.5. The number of aryl methyl sites for hydroxylation is 2. The summed E-state index contributed by atoms with van der Waals surface area (Å²) in [5.74, 6) is 1.27. The van der Waals surface area contributed by atoms with E-state index in [-0.39, 0.29) is 11.9 Å². The van der Waals surface area contributed by atoms with Gasteiger partial charge in [0.15, 0.2) is 5.82 Å². The lowest BCUT2D eigenvalue weighted by Gasteiger charge is -2.34. The Hall–Kier alpha value is -2.35. The van der Waals surface area contributed by atoms with Crippen molar-refractivity contribution >= 4 is 28.2 Å². The Labute approximate surface area is 151 Å². The zero-order valence-corrected chi connectivity index (χ0v) is 15.3. The summed E-state index contributed by atoms with van der Waals surface area (Å²) >= 11 is 1.51. The van der Waals surface area contributed by atoms with Gasteiger partial charge in [0.25, 0.3) is 0 Å². The van der Waals surface area contributed by atoms with Crippen molar-refractivity contribution in [1.29, 1.82) is 0 Å². The fraction of sp³-hybridized carbons (Fsp3) is 0.471. The van der Waals surface area contributed by atoms with Gasteiger partial charge in [0, 0.05) is 18.3 Å². The maximum atomic E-state index is 12.2. The molecule has 1 saturated heterocycles. The van der Waals surface area contributed by atoms with Crippen LogP contribution in [0.3, 0.4) is 0 Å². The topological polar surface area (TPSA) is 83.9 Å². The van der Waals surface area contributed by atoms with Crippen LogP contribution in [0.5, 0.6) is 0 Å². The van der Waals surface area contributed by atoms with Crippen LogP contribution in [0, 0.1) is 6.92 Å². The fourth-order valence-electron chi connectivity index (χ4n) is 2.94. The molecule has 1 aliphatic rings. The highest BCUT2D eigenvalue weighted by molar-refractivity contribution is 7.15. The van der Waals surface area contributed by atoms with Crippen molar-refractivity contribution in [3.63, 3.8) is 0 Å². The Morgan fingerprint density at radius 2 is 2.28 bits per heavy atom. The molecule has 0 aliphatic carbocycles. The van der Waals surface area contributed by atoms with E-state index >= 15 is 0 Å². The van der Waals surface area contributed by atoms with Crippen molar-refractivity contribution < 1.29 is 4.79 Å².